The van der Waals surface area contributed by atoms with E-state index < -0.39 is 0 Å². The highest BCUT2D eigenvalue weighted by Gasteiger charge is 2.07. The fourth-order valence-electron chi connectivity index (χ4n) is 3.22. The van der Waals surface area contributed by atoms with Gasteiger partial charge in [-0.2, -0.15) is 0 Å². The number of halogens is 1. The van der Waals surface area contributed by atoms with Crippen LogP contribution in [0.1, 0.15) is 35.6 Å². The Morgan fingerprint density at radius 2 is 1.75 bits per heavy atom. The number of ether oxygens (including phenoxy) is 2. The second-order valence-corrected chi connectivity index (χ2v) is 7.86. The fraction of sp³-hybridized carbons (Fsp3) is 0.480. The van der Waals surface area contributed by atoms with Crippen molar-refractivity contribution in [3.63, 3.8) is 0 Å². The molecule has 0 bridgehead atoms. The number of nitrogens with one attached hydrogen (secondary N) is 2. The summed E-state index contributed by atoms with van der Waals surface area (Å²) in [5.74, 6) is 1.69. The average Bonchev–Trinajstić information content (AvgIpc) is 2.74. The maximum absolute atomic E-state index is 6.00. The predicted octanol–water partition coefficient (Wildman–Crippen LogP) is 4.35. The SMILES string of the molecule is CCNC(=NCc1ccc(C)cc1OCCCOC)NCc1ccccc1CN(C)C.I. The van der Waals surface area contributed by atoms with Crippen LogP contribution in [0.3, 0.4) is 0 Å². The van der Waals surface area contributed by atoms with E-state index in [0.29, 0.717) is 19.8 Å². The molecule has 0 saturated heterocycles. The molecule has 0 aromatic heterocycles. The molecular formula is C25H39IN4O2. The van der Waals surface area contributed by atoms with Gasteiger partial charge in [-0.3, -0.25) is 0 Å². The Hall–Kier alpha value is -1.84. The molecule has 0 amide bonds. The van der Waals surface area contributed by atoms with Crippen LogP contribution in [0.5, 0.6) is 5.75 Å². The molecule has 6 nitrogen and oxygen atoms in total. The lowest BCUT2D eigenvalue weighted by atomic mass is 10.1. The first-order valence-corrected chi connectivity index (χ1v) is 11.0. The van der Waals surface area contributed by atoms with Crippen LogP contribution in [0, 0.1) is 6.92 Å². The molecule has 2 N–H and O–H groups in total. The second-order valence-electron chi connectivity index (χ2n) is 7.86. The quantitative estimate of drug-likeness (QED) is 0.177. The van der Waals surface area contributed by atoms with E-state index in [1.165, 1.54) is 16.7 Å². The van der Waals surface area contributed by atoms with Gasteiger partial charge in [0.1, 0.15) is 5.75 Å². The Kier molecular flexibility index (Phi) is 14.0. The first-order valence-electron chi connectivity index (χ1n) is 11.0. The van der Waals surface area contributed by atoms with Crippen LogP contribution >= 0.6 is 24.0 Å². The summed E-state index contributed by atoms with van der Waals surface area (Å²) < 4.78 is 11.1. The monoisotopic (exact) mass is 554 g/mol. The van der Waals surface area contributed by atoms with Crippen molar-refractivity contribution in [1.82, 2.24) is 15.5 Å². The Labute approximate surface area is 210 Å². The summed E-state index contributed by atoms with van der Waals surface area (Å²) in [6.07, 6.45) is 0.865. The summed E-state index contributed by atoms with van der Waals surface area (Å²) in [6.45, 7) is 8.48. The molecule has 0 radical (unpaired) electrons. The maximum atomic E-state index is 6.00. The Balaban J connectivity index is 0.00000512. The Morgan fingerprint density at radius 1 is 1.00 bits per heavy atom. The van der Waals surface area contributed by atoms with Crippen molar-refractivity contribution >= 4 is 29.9 Å². The molecule has 32 heavy (non-hydrogen) atoms. The summed E-state index contributed by atoms with van der Waals surface area (Å²) in [7, 11) is 5.89. The molecule has 0 unspecified atom stereocenters. The molecule has 178 valence electrons. The van der Waals surface area contributed by atoms with Gasteiger partial charge in [-0.1, -0.05) is 36.4 Å². The zero-order valence-corrected chi connectivity index (χ0v) is 22.4. The zero-order chi connectivity index (χ0) is 22.5. The number of rotatable bonds is 12. The third kappa shape index (κ3) is 10.2. The molecule has 0 fully saturated rings. The second kappa shape index (κ2) is 15.9. The first kappa shape index (κ1) is 28.2. The minimum absolute atomic E-state index is 0. The third-order valence-electron chi connectivity index (χ3n) is 4.78. The molecule has 0 spiro atoms. The highest BCUT2D eigenvalue weighted by Crippen LogP contribution is 2.21. The van der Waals surface area contributed by atoms with Crippen molar-refractivity contribution in [2.75, 3.05) is 41.0 Å². The standard InChI is InChI=1S/C25H38N4O2.HI/c1-6-26-25(27-17-21-10-7-8-11-23(21)19-29(3)4)28-18-22-13-12-20(2)16-24(22)31-15-9-14-30-5;/h7-8,10-13,16H,6,9,14-15,17-19H2,1-5H3,(H2,26,27,28);1H. The summed E-state index contributed by atoms with van der Waals surface area (Å²) in [5.41, 5.74) is 4.85. The third-order valence-corrected chi connectivity index (χ3v) is 4.78. The lowest BCUT2D eigenvalue weighted by Gasteiger charge is -2.17. The van der Waals surface area contributed by atoms with E-state index in [4.69, 9.17) is 14.5 Å². The lowest BCUT2D eigenvalue weighted by Crippen LogP contribution is -2.37. The van der Waals surface area contributed by atoms with E-state index in [1.807, 2.05) is 0 Å². The summed E-state index contributed by atoms with van der Waals surface area (Å²) >= 11 is 0. The van der Waals surface area contributed by atoms with Gasteiger partial charge < -0.3 is 25.0 Å². The highest BCUT2D eigenvalue weighted by atomic mass is 127. The van der Waals surface area contributed by atoms with E-state index in [-0.39, 0.29) is 24.0 Å². The largest absolute Gasteiger partial charge is 0.493 e. The molecule has 0 aliphatic heterocycles. The van der Waals surface area contributed by atoms with Gasteiger partial charge >= 0.3 is 0 Å². The van der Waals surface area contributed by atoms with Gasteiger partial charge in [0.25, 0.3) is 0 Å². The van der Waals surface area contributed by atoms with Crippen LogP contribution in [0.2, 0.25) is 0 Å². The molecular weight excluding hydrogens is 515 g/mol. The van der Waals surface area contributed by atoms with Crippen molar-refractivity contribution in [3.05, 3.63) is 64.7 Å². The number of hydrogen-bond donors (Lipinski definition) is 2. The summed E-state index contributed by atoms with van der Waals surface area (Å²) in [4.78, 5) is 6.99. The molecule has 0 atom stereocenters. The van der Waals surface area contributed by atoms with Crippen molar-refractivity contribution in [2.24, 2.45) is 4.99 Å². The predicted molar refractivity (Wildman–Crippen MR) is 144 cm³/mol. The van der Waals surface area contributed by atoms with Gasteiger partial charge in [-0.15, -0.1) is 24.0 Å². The van der Waals surface area contributed by atoms with E-state index in [1.54, 1.807) is 7.11 Å². The molecule has 0 saturated carbocycles. The van der Waals surface area contributed by atoms with Gasteiger partial charge in [0.2, 0.25) is 0 Å². The molecule has 2 aromatic rings. The zero-order valence-electron chi connectivity index (χ0n) is 20.1. The number of nitrogens with zero attached hydrogens (tertiary/aromatic N) is 2. The lowest BCUT2D eigenvalue weighted by molar-refractivity contribution is 0.172. The first-order chi connectivity index (χ1) is 15.0. The smallest absolute Gasteiger partial charge is 0.191 e. The molecule has 7 heteroatoms. The minimum atomic E-state index is 0. The summed E-state index contributed by atoms with van der Waals surface area (Å²) in [6, 6.07) is 14.8. The number of aryl methyl sites for hydroxylation is 1. The van der Waals surface area contributed by atoms with Crippen LogP contribution in [0.4, 0.5) is 0 Å². The minimum Gasteiger partial charge on any atom is -0.493 e. The molecule has 0 aliphatic rings. The van der Waals surface area contributed by atoms with Gasteiger partial charge in [0.15, 0.2) is 5.96 Å². The van der Waals surface area contributed by atoms with Gasteiger partial charge in [0.05, 0.1) is 13.2 Å². The number of benzene rings is 2. The number of guanidine groups is 1. The van der Waals surface area contributed by atoms with Crippen molar-refractivity contribution in [2.45, 2.75) is 39.9 Å². The Bertz CT molecular complexity index is 827. The molecule has 0 aliphatic carbocycles. The normalized spacial score (nSPS) is 11.2. The molecule has 2 aromatic carbocycles. The van der Waals surface area contributed by atoms with E-state index in [0.717, 1.165) is 43.3 Å². The van der Waals surface area contributed by atoms with Gasteiger partial charge in [-0.05, 0) is 50.7 Å². The van der Waals surface area contributed by atoms with Crippen LogP contribution < -0.4 is 15.4 Å². The average molecular weight is 555 g/mol. The maximum Gasteiger partial charge on any atom is 0.191 e. The number of hydrogen-bond acceptors (Lipinski definition) is 4. The van der Waals surface area contributed by atoms with Crippen molar-refractivity contribution < 1.29 is 9.47 Å². The van der Waals surface area contributed by atoms with Crippen molar-refractivity contribution in [3.8, 4) is 5.75 Å². The number of aliphatic imine (C=N–C) groups is 1. The van der Waals surface area contributed by atoms with E-state index in [2.05, 4.69) is 85.9 Å². The van der Waals surface area contributed by atoms with Crippen molar-refractivity contribution in [1.29, 1.82) is 0 Å². The van der Waals surface area contributed by atoms with Crippen LogP contribution in [0.15, 0.2) is 47.5 Å². The molecule has 2 rings (SSSR count). The number of methoxy groups -OCH3 is 1. The van der Waals surface area contributed by atoms with Crippen LogP contribution in [0.25, 0.3) is 0 Å². The summed E-state index contributed by atoms with van der Waals surface area (Å²) in [5, 5.41) is 6.82. The van der Waals surface area contributed by atoms with E-state index in [9.17, 15) is 0 Å². The fourth-order valence-corrected chi connectivity index (χ4v) is 3.22. The Morgan fingerprint density at radius 3 is 2.44 bits per heavy atom. The van der Waals surface area contributed by atoms with Crippen LogP contribution in [-0.2, 0) is 24.4 Å². The van der Waals surface area contributed by atoms with Crippen LogP contribution in [-0.4, -0.2) is 51.8 Å². The van der Waals surface area contributed by atoms with Gasteiger partial charge in [-0.25, -0.2) is 4.99 Å². The van der Waals surface area contributed by atoms with Gasteiger partial charge in [0, 0.05) is 45.3 Å². The van der Waals surface area contributed by atoms with E-state index >= 15 is 0 Å². The molecule has 0 heterocycles. The highest BCUT2D eigenvalue weighted by molar-refractivity contribution is 14.0. The topological polar surface area (TPSA) is 58.1 Å².